The van der Waals surface area contributed by atoms with Gasteiger partial charge in [-0.25, -0.2) is 4.57 Å². The molecule has 0 saturated heterocycles. The number of benzene rings is 2. The zero-order valence-corrected chi connectivity index (χ0v) is 14.9. The second kappa shape index (κ2) is 5.20. The van der Waals surface area contributed by atoms with E-state index in [2.05, 4.69) is 89.1 Å². The highest BCUT2D eigenvalue weighted by atomic mass is 127. The molecule has 0 radical (unpaired) electrons. The summed E-state index contributed by atoms with van der Waals surface area (Å²) >= 11 is 0. The highest BCUT2D eigenvalue weighted by Crippen LogP contribution is 2.29. The van der Waals surface area contributed by atoms with Gasteiger partial charge in [0.15, 0.2) is 6.20 Å². The quantitative estimate of drug-likeness (QED) is 0.268. The van der Waals surface area contributed by atoms with Crippen LogP contribution in [0.2, 0.25) is 0 Å². The average molecular weight is 410 g/mol. The summed E-state index contributed by atoms with van der Waals surface area (Å²) in [5.41, 5.74) is 3.77. The molecule has 0 bridgehead atoms. The van der Waals surface area contributed by atoms with Crippen molar-refractivity contribution in [2.75, 3.05) is 0 Å². The van der Waals surface area contributed by atoms with Crippen molar-refractivity contribution in [3.63, 3.8) is 0 Å². The Bertz CT molecular complexity index is 1190. The first kappa shape index (κ1) is 14.5. The number of halogens is 1. The van der Waals surface area contributed by atoms with Gasteiger partial charge in [0.25, 0.3) is 0 Å². The van der Waals surface area contributed by atoms with Gasteiger partial charge in [-0.3, -0.25) is 0 Å². The second-order valence-electron chi connectivity index (χ2n) is 5.86. The molecule has 2 nitrogen and oxygen atoms in total. The van der Waals surface area contributed by atoms with E-state index in [1.54, 1.807) is 0 Å². The first-order chi connectivity index (χ1) is 10.8. The van der Waals surface area contributed by atoms with Gasteiger partial charge in [0.2, 0.25) is 5.52 Å². The second-order valence-corrected chi connectivity index (χ2v) is 5.86. The molecule has 0 aliphatic carbocycles. The van der Waals surface area contributed by atoms with E-state index in [4.69, 9.17) is 0 Å². The molecule has 2 aromatic carbocycles. The normalized spacial score (nSPS) is 11.3. The minimum absolute atomic E-state index is 0. The largest absolute Gasteiger partial charge is 1.00 e. The van der Waals surface area contributed by atoms with E-state index >= 15 is 0 Å². The molecular formula is C20H15IN2. The molecule has 0 aliphatic rings. The van der Waals surface area contributed by atoms with Crippen molar-refractivity contribution in [3.8, 4) is 0 Å². The summed E-state index contributed by atoms with van der Waals surface area (Å²) in [6, 6.07) is 21.6. The zero-order chi connectivity index (χ0) is 14.7. The van der Waals surface area contributed by atoms with Gasteiger partial charge in [0.1, 0.15) is 7.05 Å². The topological polar surface area (TPSA) is 8.29 Å². The maximum absolute atomic E-state index is 2.31. The molecule has 112 valence electrons. The Hall–Kier alpha value is -2.14. The summed E-state index contributed by atoms with van der Waals surface area (Å²) < 4.78 is 4.53. The van der Waals surface area contributed by atoms with Gasteiger partial charge in [-0.05, 0) is 23.6 Å². The lowest BCUT2D eigenvalue weighted by atomic mass is 10.1. The molecule has 0 unspecified atom stereocenters. The van der Waals surface area contributed by atoms with Crippen molar-refractivity contribution in [2.45, 2.75) is 0 Å². The number of aryl methyl sites for hydroxylation is 1. The zero-order valence-electron chi connectivity index (χ0n) is 12.7. The molecule has 0 saturated carbocycles. The summed E-state index contributed by atoms with van der Waals surface area (Å²) in [6.07, 6.45) is 4.51. The van der Waals surface area contributed by atoms with Crippen LogP contribution in [0.4, 0.5) is 0 Å². The number of para-hydroxylation sites is 2. The molecule has 0 amide bonds. The smallest absolute Gasteiger partial charge is 0.212 e. The molecule has 0 N–H and O–H groups in total. The summed E-state index contributed by atoms with van der Waals surface area (Å²) in [5, 5.41) is 5.18. The standard InChI is InChI=1S/C20H15N2.HI/c1-21-12-17-16(15-7-3-5-9-19(15)21)13-22-18-8-4-2-6-14(18)10-11-20(17)22;/h2-13H,1H3;1H/q+1;/p-1. The summed E-state index contributed by atoms with van der Waals surface area (Å²) in [7, 11) is 2.12. The van der Waals surface area contributed by atoms with E-state index in [1.807, 2.05) is 0 Å². The van der Waals surface area contributed by atoms with E-state index in [0.29, 0.717) is 0 Å². The molecule has 3 aromatic heterocycles. The van der Waals surface area contributed by atoms with Crippen LogP contribution in [0.1, 0.15) is 0 Å². The molecule has 23 heavy (non-hydrogen) atoms. The van der Waals surface area contributed by atoms with E-state index in [-0.39, 0.29) is 24.0 Å². The van der Waals surface area contributed by atoms with Crippen LogP contribution in [-0.4, -0.2) is 4.40 Å². The third kappa shape index (κ3) is 1.96. The molecule has 3 heteroatoms. The van der Waals surface area contributed by atoms with Crippen LogP contribution < -0.4 is 28.5 Å². The summed E-state index contributed by atoms with van der Waals surface area (Å²) in [4.78, 5) is 0. The van der Waals surface area contributed by atoms with Gasteiger partial charge >= 0.3 is 0 Å². The van der Waals surface area contributed by atoms with E-state index in [9.17, 15) is 0 Å². The van der Waals surface area contributed by atoms with Crippen molar-refractivity contribution in [3.05, 3.63) is 73.1 Å². The first-order valence-electron chi connectivity index (χ1n) is 7.53. The molecule has 0 atom stereocenters. The van der Waals surface area contributed by atoms with E-state index in [1.165, 1.54) is 38.1 Å². The van der Waals surface area contributed by atoms with Crippen molar-refractivity contribution in [2.24, 2.45) is 7.05 Å². The first-order valence-corrected chi connectivity index (χ1v) is 7.53. The van der Waals surface area contributed by atoms with E-state index < -0.39 is 0 Å². The predicted molar refractivity (Wildman–Crippen MR) is 91.1 cm³/mol. The van der Waals surface area contributed by atoms with Gasteiger partial charge in [-0.15, -0.1) is 0 Å². The number of nitrogens with zero attached hydrogens (tertiary/aromatic N) is 2. The summed E-state index contributed by atoms with van der Waals surface area (Å²) in [6.45, 7) is 0. The van der Waals surface area contributed by atoms with Gasteiger partial charge in [0.05, 0.1) is 21.8 Å². The van der Waals surface area contributed by atoms with Crippen LogP contribution in [0.3, 0.4) is 0 Å². The number of hydrogen-bond donors (Lipinski definition) is 0. The highest BCUT2D eigenvalue weighted by Gasteiger charge is 2.14. The summed E-state index contributed by atoms with van der Waals surface area (Å²) in [5.74, 6) is 0. The van der Waals surface area contributed by atoms with Crippen LogP contribution >= 0.6 is 0 Å². The Morgan fingerprint density at radius 3 is 2.43 bits per heavy atom. The molecule has 0 spiro atoms. The molecule has 5 rings (SSSR count). The van der Waals surface area contributed by atoms with Crippen molar-refractivity contribution >= 4 is 38.1 Å². The average Bonchev–Trinajstić information content (AvgIpc) is 2.94. The Labute approximate surface area is 151 Å². The maximum Gasteiger partial charge on any atom is 0.212 e. The molecule has 5 aromatic rings. The van der Waals surface area contributed by atoms with Gasteiger partial charge in [-0.1, -0.05) is 36.4 Å². The van der Waals surface area contributed by atoms with Crippen LogP contribution in [0.25, 0.3) is 38.1 Å². The van der Waals surface area contributed by atoms with Crippen LogP contribution in [0.5, 0.6) is 0 Å². The highest BCUT2D eigenvalue weighted by molar-refractivity contribution is 6.11. The van der Waals surface area contributed by atoms with Crippen molar-refractivity contribution in [1.29, 1.82) is 0 Å². The fraction of sp³-hybridized carbons (Fsp3) is 0.0500. The Morgan fingerprint density at radius 1 is 0.739 bits per heavy atom. The maximum atomic E-state index is 2.31. The van der Waals surface area contributed by atoms with E-state index in [0.717, 1.165) is 0 Å². The van der Waals surface area contributed by atoms with Crippen LogP contribution in [0, 0.1) is 0 Å². The minimum Gasteiger partial charge on any atom is -1.00 e. The predicted octanol–water partition coefficient (Wildman–Crippen LogP) is 1.23. The lowest BCUT2D eigenvalue weighted by Crippen LogP contribution is -3.00. The lowest BCUT2D eigenvalue weighted by molar-refractivity contribution is -0.643. The molecular weight excluding hydrogens is 395 g/mol. The number of fused-ring (bicyclic) bond motifs is 7. The van der Waals surface area contributed by atoms with Gasteiger partial charge < -0.3 is 28.4 Å². The monoisotopic (exact) mass is 410 g/mol. The molecule has 0 aliphatic heterocycles. The van der Waals surface area contributed by atoms with Gasteiger partial charge in [0, 0.05) is 17.6 Å². The minimum atomic E-state index is 0. The van der Waals surface area contributed by atoms with Crippen LogP contribution in [-0.2, 0) is 7.05 Å². The fourth-order valence-corrected chi connectivity index (χ4v) is 3.54. The van der Waals surface area contributed by atoms with Gasteiger partial charge in [-0.2, -0.15) is 0 Å². The number of pyridine rings is 2. The van der Waals surface area contributed by atoms with Crippen molar-refractivity contribution < 1.29 is 28.5 Å². The molecule has 0 fully saturated rings. The van der Waals surface area contributed by atoms with Crippen molar-refractivity contribution in [1.82, 2.24) is 4.40 Å². The number of hydrogen-bond acceptors (Lipinski definition) is 0. The Kier molecular flexibility index (Phi) is 3.27. The van der Waals surface area contributed by atoms with Crippen LogP contribution in [0.15, 0.2) is 73.1 Å². The Balaban J connectivity index is 0.00000135. The lowest BCUT2D eigenvalue weighted by Gasteiger charge is -2.01. The third-order valence-corrected chi connectivity index (χ3v) is 4.60. The fourth-order valence-electron chi connectivity index (χ4n) is 3.54. The molecule has 3 heterocycles. The Morgan fingerprint density at radius 2 is 1.52 bits per heavy atom. The third-order valence-electron chi connectivity index (χ3n) is 4.60. The number of aromatic nitrogens is 2. The SMILES string of the molecule is C[n+]1cc2c(cn3c4ccccc4ccc23)c2ccccc21.[I-]. The number of rotatable bonds is 0.